The van der Waals surface area contributed by atoms with E-state index in [1.54, 1.807) is 18.2 Å². The Labute approximate surface area is 117 Å². The Morgan fingerprint density at radius 3 is 2.40 bits per heavy atom. The Morgan fingerprint density at radius 2 is 1.80 bits per heavy atom. The van der Waals surface area contributed by atoms with Crippen molar-refractivity contribution in [2.24, 2.45) is 0 Å². The number of nitrogens with one attached hydrogen (secondary N) is 1. The minimum atomic E-state index is -0.412. The smallest absolute Gasteiger partial charge is 0.269 e. The largest absolute Gasteiger partial charge is 0.508 e. The summed E-state index contributed by atoms with van der Waals surface area (Å²) in [4.78, 5) is 10.2. The maximum atomic E-state index is 10.6. The Balaban J connectivity index is 2.09. The van der Waals surface area contributed by atoms with Gasteiger partial charge in [0.05, 0.1) is 4.92 Å². The van der Waals surface area contributed by atoms with Crippen molar-refractivity contribution in [1.29, 1.82) is 0 Å². The van der Waals surface area contributed by atoms with Crippen LogP contribution in [0.5, 0.6) is 5.75 Å². The van der Waals surface area contributed by atoms with Crippen molar-refractivity contribution < 1.29 is 10.0 Å². The van der Waals surface area contributed by atoms with Crippen molar-refractivity contribution in [3.63, 3.8) is 0 Å². The highest BCUT2D eigenvalue weighted by molar-refractivity contribution is 5.56. The fraction of sp³-hybridized carbons (Fsp3) is 0.200. The van der Waals surface area contributed by atoms with E-state index in [9.17, 15) is 15.2 Å². The third-order valence-electron chi connectivity index (χ3n) is 3.17. The summed E-state index contributed by atoms with van der Waals surface area (Å²) in [6.45, 7) is 4.33. The molecule has 5 nitrogen and oxygen atoms in total. The number of nitro benzene ring substituents is 1. The summed E-state index contributed by atoms with van der Waals surface area (Å²) in [6, 6.07) is 10.0. The number of phenolic OH excluding ortho intramolecular Hbond substituents is 1. The third kappa shape index (κ3) is 3.06. The van der Waals surface area contributed by atoms with Crippen molar-refractivity contribution in [2.75, 3.05) is 5.32 Å². The van der Waals surface area contributed by atoms with Gasteiger partial charge in [0.25, 0.3) is 5.69 Å². The summed E-state index contributed by atoms with van der Waals surface area (Å²) < 4.78 is 0. The van der Waals surface area contributed by atoms with Gasteiger partial charge in [-0.25, -0.2) is 0 Å². The van der Waals surface area contributed by atoms with E-state index >= 15 is 0 Å². The van der Waals surface area contributed by atoms with E-state index < -0.39 is 4.92 Å². The van der Waals surface area contributed by atoms with E-state index in [-0.39, 0.29) is 11.4 Å². The molecular weight excluding hydrogens is 256 g/mol. The summed E-state index contributed by atoms with van der Waals surface area (Å²) in [5, 5.41) is 23.4. The summed E-state index contributed by atoms with van der Waals surface area (Å²) in [5.74, 6) is 0.281. The molecule has 0 amide bonds. The number of nitro groups is 1. The number of rotatable bonds is 4. The molecule has 0 aliphatic carbocycles. The topological polar surface area (TPSA) is 75.4 Å². The first-order chi connectivity index (χ1) is 9.47. The molecule has 0 radical (unpaired) electrons. The van der Waals surface area contributed by atoms with E-state index in [1.165, 1.54) is 12.1 Å². The normalized spacial score (nSPS) is 10.3. The van der Waals surface area contributed by atoms with Crippen molar-refractivity contribution in [2.45, 2.75) is 20.4 Å². The van der Waals surface area contributed by atoms with Gasteiger partial charge in [-0.1, -0.05) is 12.1 Å². The SMILES string of the molecule is Cc1cc(NCc2ccc([N+](=O)[O-])cc2)c(C)cc1O. The third-order valence-corrected chi connectivity index (χ3v) is 3.17. The molecule has 104 valence electrons. The van der Waals surface area contributed by atoms with Gasteiger partial charge in [-0.15, -0.1) is 0 Å². The molecule has 20 heavy (non-hydrogen) atoms. The van der Waals surface area contributed by atoms with E-state index in [2.05, 4.69) is 5.32 Å². The van der Waals surface area contributed by atoms with E-state index in [0.29, 0.717) is 6.54 Å². The highest BCUT2D eigenvalue weighted by atomic mass is 16.6. The zero-order valence-corrected chi connectivity index (χ0v) is 11.4. The van der Waals surface area contributed by atoms with Crippen LogP contribution in [0.1, 0.15) is 16.7 Å². The molecule has 0 aliphatic rings. The summed E-state index contributed by atoms with van der Waals surface area (Å²) >= 11 is 0. The van der Waals surface area contributed by atoms with Crippen molar-refractivity contribution in [3.05, 3.63) is 63.2 Å². The maximum absolute atomic E-state index is 10.6. The minimum absolute atomic E-state index is 0.0883. The van der Waals surface area contributed by atoms with Crippen molar-refractivity contribution >= 4 is 11.4 Å². The average Bonchev–Trinajstić information content (AvgIpc) is 2.42. The van der Waals surface area contributed by atoms with Crippen LogP contribution in [0.15, 0.2) is 36.4 Å². The molecule has 0 aliphatic heterocycles. The van der Waals surface area contributed by atoms with Gasteiger partial charge >= 0.3 is 0 Å². The molecule has 0 atom stereocenters. The molecule has 0 unspecified atom stereocenters. The molecule has 0 heterocycles. The average molecular weight is 272 g/mol. The first kappa shape index (κ1) is 13.9. The first-order valence-corrected chi connectivity index (χ1v) is 6.25. The molecule has 0 saturated carbocycles. The zero-order valence-electron chi connectivity index (χ0n) is 11.4. The monoisotopic (exact) mass is 272 g/mol. The van der Waals surface area contributed by atoms with Crippen LogP contribution in [0, 0.1) is 24.0 Å². The molecule has 2 rings (SSSR count). The zero-order chi connectivity index (χ0) is 14.7. The van der Waals surface area contributed by atoms with Crippen LogP contribution in [0.4, 0.5) is 11.4 Å². The Morgan fingerprint density at radius 1 is 1.15 bits per heavy atom. The lowest BCUT2D eigenvalue weighted by atomic mass is 10.1. The molecule has 2 N–H and O–H groups in total. The van der Waals surface area contributed by atoms with Gasteiger partial charge in [-0.2, -0.15) is 0 Å². The Bertz CT molecular complexity index is 636. The molecule has 0 spiro atoms. The highest BCUT2D eigenvalue weighted by Crippen LogP contribution is 2.25. The van der Waals surface area contributed by atoms with Gasteiger partial charge in [0.1, 0.15) is 5.75 Å². The number of phenols is 1. The van der Waals surface area contributed by atoms with Gasteiger partial charge in [-0.05, 0) is 42.7 Å². The van der Waals surface area contributed by atoms with Crippen LogP contribution in [0.2, 0.25) is 0 Å². The Hall–Kier alpha value is -2.56. The first-order valence-electron chi connectivity index (χ1n) is 6.25. The number of anilines is 1. The molecular formula is C15H16N2O3. The van der Waals surface area contributed by atoms with E-state index in [0.717, 1.165) is 22.4 Å². The van der Waals surface area contributed by atoms with Crippen molar-refractivity contribution in [3.8, 4) is 5.75 Å². The lowest BCUT2D eigenvalue weighted by molar-refractivity contribution is -0.384. The second-order valence-electron chi connectivity index (χ2n) is 4.73. The Kier molecular flexibility index (Phi) is 3.89. The predicted octanol–water partition coefficient (Wildman–Crippen LogP) is 3.53. The van der Waals surface area contributed by atoms with Crippen LogP contribution in [-0.4, -0.2) is 10.0 Å². The fourth-order valence-electron chi connectivity index (χ4n) is 1.92. The lowest BCUT2D eigenvalue weighted by Gasteiger charge is -2.11. The molecule has 0 bridgehead atoms. The number of aryl methyl sites for hydroxylation is 2. The van der Waals surface area contributed by atoms with E-state index in [4.69, 9.17) is 0 Å². The molecule has 0 saturated heterocycles. The fourth-order valence-corrected chi connectivity index (χ4v) is 1.92. The van der Waals surface area contributed by atoms with E-state index in [1.807, 2.05) is 19.9 Å². The number of benzene rings is 2. The molecule has 0 aromatic heterocycles. The number of aromatic hydroxyl groups is 1. The van der Waals surface area contributed by atoms with Crippen LogP contribution < -0.4 is 5.32 Å². The predicted molar refractivity (Wildman–Crippen MR) is 78.0 cm³/mol. The second-order valence-corrected chi connectivity index (χ2v) is 4.73. The van der Waals surface area contributed by atoms with Gasteiger partial charge in [0.2, 0.25) is 0 Å². The molecule has 0 fully saturated rings. The van der Waals surface area contributed by atoms with Gasteiger partial charge in [0.15, 0.2) is 0 Å². The number of hydrogen-bond acceptors (Lipinski definition) is 4. The lowest BCUT2D eigenvalue weighted by Crippen LogP contribution is -2.01. The minimum Gasteiger partial charge on any atom is -0.508 e. The van der Waals surface area contributed by atoms with Gasteiger partial charge in [0, 0.05) is 24.4 Å². The maximum Gasteiger partial charge on any atom is 0.269 e. The summed E-state index contributed by atoms with van der Waals surface area (Å²) in [7, 11) is 0. The molecule has 2 aromatic carbocycles. The second kappa shape index (κ2) is 5.61. The molecule has 2 aromatic rings. The summed E-state index contributed by atoms with van der Waals surface area (Å²) in [5.41, 5.74) is 3.75. The quantitative estimate of drug-likeness (QED) is 0.507. The van der Waals surface area contributed by atoms with Crippen LogP contribution in [0.3, 0.4) is 0 Å². The number of non-ortho nitro benzene ring substituents is 1. The number of nitrogens with zero attached hydrogens (tertiary/aromatic N) is 1. The molecule has 5 heteroatoms. The standard InChI is InChI=1S/C15H16N2O3/c1-10-8-15(18)11(2)7-14(10)16-9-12-3-5-13(6-4-12)17(19)20/h3-8,16,18H,9H2,1-2H3. The van der Waals surface area contributed by atoms with Crippen LogP contribution in [-0.2, 0) is 6.54 Å². The van der Waals surface area contributed by atoms with Crippen molar-refractivity contribution in [1.82, 2.24) is 0 Å². The highest BCUT2D eigenvalue weighted by Gasteiger charge is 2.05. The van der Waals surface area contributed by atoms with Gasteiger partial charge < -0.3 is 10.4 Å². The van der Waals surface area contributed by atoms with Crippen LogP contribution in [0.25, 0.3) is 0 Å². The van der Waals surface area contributed by atoms with Gasteiger partial charge in [-0.3, -0.25) is 10.1 Å². The number of hydrogen-bond donors (Lipinski definition) is 2. The van der Waals surface area contributed by atoms with Crippen LogP contribution >= 0.6 is 0 Å². The summed E-state index contributed by atoms with van der Waals surface area (Å²) in [6.07, 6.45) is 0.